The zero-order chi connectivity index (χ0) is 12.3. The highest BCUT2D eigenvalue weighted by molar-refractivity contribution is 7.92. The highest BCUT2D eigenvalue weighted by Gasteiger charge is 2.35. The summed E-state index contributed by atoms with van der Waals surface area (Å²) in [6.45, 7) is 0.469. The fourth-order valence-electron chi connectivity index (χ4n) is 2.64. The quantitative estimate of drug-likeness (QED) is 0.896. The molecule has 4 heteroatoms. The Kier molecular flexibility index (Phi) is 3.84. The van der Waals surface area contributed by atoms with E-state index in [4.69, 9.17) is 5.73 Å². The smallest absolute Gasteiger partial charge is 0.181 e. The van der Waals surface area contributed by atoms with Crippen molar-refractivity contribution < 1.29 is 8.42 Å². The molecule has 0 radical (unpaired) electrons. The van der Waals surface area contributed by atoms with Gasteiger partial charge in [0, 0.05) is 0 Å². The van der Waals surface area contributed by atoms with Crippen molar-refractivity contribution in [1.82, 2.24) is 0 Å². The summed E-state index contributed by atoms with van der Waals surface area (Å²) in [5, 5.41) is -0.288. The highest BCUT2D eigenvalue weighted by Crippen LogP contribution is 2.32. The lowest BCUT2D eigenvalue weighted by molar-refractivity contribution is 0.363. The van der Waals surface area contributed by atoms with Crippen LogP contribution in [0.25, 0.3) is 0 Å². The van der Waals surface area contributed by atoms with Gasteiger partial charge < -0.3 is 5.73 Å². The summed E-state index contributed by atoms with van der Waals surface area (Å²) in [7, 11) is -3.20. The third-order valence-electron chi connectivity index (χ3n) is 3.61. The van der Waals surface area contributed by atoms with Crippen LogP contribution in [-0.4, -0.2) is 20.2 Å². The molecule has 1 saturated carbocycles. The van der Waals surface area contributed by atoms with Gasteiger partial charge >= 0.3 is 0 Å². The molecular formula is C13H19NO2S. The van der Waals surface area contributed by atoms with Crippen LogP contribution in [0.4, 0.5) is 0 Å². The molecule has 2 N–H and O–H groups in total. The molecule has 2 atom stereocenters. The van der Waals surface area contributed by atoms with Gasteiger partial charge in [-0.2, -0.15) is 0 Å². The van der Waals surface area contributed by atoms with Crippen LogP contribution in [0, 0.1) is 5.92 Å². The number of sulfone groups is 1. The average Bonchev–Trinajstić information content (AvgIpc) is 2.39. The molecule has 1 aromatic carbocycles. The summed E-state index contributed by atoms with van der Waals surface area (Å²) in [5.41, 5.74) is 5.70. The van der Waals surface area contributed by atoms with Crippen molar-refractivity contribution in [3.63, 3.8) is 0 Å². The molecule has 2 unspecified atom stereocenters. The van der Waals surface area contributed by atoms with Crippen molar-refractivity contribution in [3.8, 4) is 0 Å². The van der Waals surface area contributed by atoms with Crippen molar-refractivity contribution >= 4 is 9.84 Å². The molecule has 2 rings (SSSR count). The maximum absolute atomic E-state index is 12.5. The molecule has 1 aliphatic carbocycles. The minimum Gasteiger partial charge on any atom is -0.330 e. The van der Waals surface area contributed by atoms with E-state index in [-0.39, 0.29) is 11.2 Å². The average molecular weight is 253 g/mol. The number of hydrogen-bond acceptors (Lipinski definition) is 3. The summed E-state index contributed by atoms with van der Waals surface area (Å²) in [6.07, 6.45) is 3.78. The van der Waals surface area contributed by atoms with E-state index in [1.54, 1.807) is 24.3 Å². The van der Waals surface area contributed by atoms with Gasteiger partial charge in [0.25, 0.3) is 0 Å². The monoisotopic (exact) mass is 253 g/mol. The van der Waals surface area contributed by atoms with Crippen LogP contribution in [0.5, 0.6) is 0 Å². The van der Waals surface area contributed by atoms with E-state index in [1.807, 2.05) is 6.07 Å². The molecule has 17 heavy (non-hydrogen) atoms. The maximum atomic E-state index is 12.5. The Bertz CT molecular complexity index is 456. The van der Waals surface area contributed by atoms with Crippen LogP contribution in [0.1, 0.15) is 25.7 Å². The number of benzene rings is 1. The number of hydrogen-bond donors (Lipinski definition) is 1. The van der Waals surface area contributed by atoms with Crippen molar-refractivity contribution in [3.05, 3.63) is 30.3 Å². The lowest BCUT2D eigenvalue weighted by Crippen LogP contribution is -2.37. The van der Waals surface area contributed by atoms with E-state index in [2.05, 4.69) is 0 Å². The summed E-state index contributed by atoms with van der Waals surface area (Å²) in [5.74, 6) is 0.119. The van der Waals surface area contributed by atoms with Gasteiger partial charge in [-0.15, -0.1) is 0 Å². The van der Waals surface area contributed by atoms with Gasteiger partial charge in [-0.05, 0) is 37.4 Å². The Balaban J connectivity index is 2.31. The lowest BCUT2D eigenvalue weighted by atomic mass is 9.89. The molecule has 0 spiro atoms. The van der Waals surface area contributed by atoms with E-state index in [0.717, 1.165) is 25.7 Å². The minimum absolute atomic E-state index is 0.119. The SMILES string of the molecule is NCC1CCCCC1S(=O)(=O)c1ccccc1. The Morgan fingerprint density at radius 3 is 2.41 bits per heavy atom. The van der Waals surface area contributed by atoms with Crippen LogP contribution in [0.2, 0.25) is 0 Å². The first kappa shape index (κ1) is 12.6. The molecule has 3 nitrogen and oxygen atoms in total. The van der Waals surface area contributed by atoms with Gasteiger partial charge in [0.1, 0.15) is 0 Å². The zero-order valence-corrected chi connectivity index (χ0v) is 10.7. The molecular weight excluding hydrogens is 234 g/mol. The Labute approximate surface area is 103 Å². The third-order valence-corrected chi connectivity index (χ3v) is 5.96. The second-order valence-electron chi connectivity index (χ2n) is 4.68. The number of rotatable bonds is 3. The topological polar surface area (TPSA) is 60.2 Å². The largest absolute Gasteiger partial charge is 0.330 e. The Hall–Kier alpha value is -0.870. The lowest BCUT2D eigenvalue weighted by Gasteiger charge is -2.30. The van der Waals surface area contributed by atoms with Gasteiger partial charge in [-0.1, -0.05) is 31.0 Å². The summed E-state index contributed by atoms with van der Waals surface area (Å²) in [6, 6.07) is 8.73. The predicted octanol–water partition coefficient (Wildman–Crippen LogP) is 1.98. The van der Waals surface area contributed by atoms with Gasteiger partial charge in [0.15, 0.2) is 9.84 Å². The molecule has 1 fully saturated rings. The minimum atomic E-state index is -3.20. The molecule has 0 aromatic heterocycles. The molecule has 1 aliphatic rings. The van der Waals surface area contributed by atoms with E-state index in [9.17, 15) is 8.42 Å². The fraction of sp³-hybridized carbons (Fsp3) is 0.538. The van der Waals surface area contributed by atoms with Crippen LogP contribution < -0.4 is 5.73 Å². The normalized spacial score (nSPS) is 25.7. The number of nitrogens with two attached hydrogens (primary N) is 1. The predicted molar refractivity (Wildman–Crippen MR) is 68.4 cm³/mol. The van der Waals surface area contributed by atoms with E-state index < -0.39 is 9.84 Å². The first-order chi connectivity index (χ1) is 8.16. The van der Waals surface area contributed by atoms with Crippen LogP contribution in [0.15, 0.2) is 35.2 Å². The van der Waals surface area contributed by atoms with Crippen LogP contribution in [-0.2, 0) is 9.84 Å². The van der Waals surface area contributed by atoms with Gasteiger partial charge in [0.05, 0.1) is 10.1 Å². The molecule has 0 saturated heterocycles. The van der Waals surface area contributed by atoms with E-state index in [0.29, 0.717) is 11.4 Å². The summed E-state index contributed by atoms with van der Waals surface area (Å²) in [4.78, 5) is 0.436. The van der Waals surface area contributed by atoms with Gasteiger partial charge in [-0.25, -0.2) is 8.42 Å². The van der Waals surface area contributed by atoms with Crippen LogP contribution in [0.3, 0.4) is 0 Å². The van der Waals surface area contributed by atoms with E-state index >= 15 is 0 Å². The third kappa shape index (κ3) is 2.53. The first-order valence-corrected chi connectivity index (χ1v) is 7.70. The van der Waals surface area contributed by atoms with Crippen LogP contribution >= 0.6 is 0 Å². The second-order valence-corrected chi connectivity index (χ2v) is 6.84. The van der Waals surface area contributed by atoms with Gasteiger partial charge in [-0.3, -0.25) is 0 Å². The molecule has 0 heterocycles. The molecule has 1 aromatic rings. The van der Waals surface area contributed by atoms with Crippen molar-refractivity contribution in [2.75, 3.05) is 6.54 Å². The van der Waals surface area contributed by atoms with Crippen molar-refractivity contribution in [2.45, 2.75) is 35.8 Å². The highest BCUT2D eigenvalue weighted by atomic mass is 32.2. The first-order valence-electron chi connectivity index (χ1n) is 6.15. The Morgan fingerprint density at radius 1 is 1.12 bits per heavy atom. The molecule has 0 bridgehead atoms. The maximum Gasteiger partial charge on any atom is 0.181 e. The Morgan fingerprint density at radius 2 is 1.76 bits per heavy atom. The summed E-state index contributed by atoms with van der Waals surface area (Å²) < 4.78 is 25.0. The second kappa shape index (κ2) is 5.19. The zero-order valence-electron chi connectivity index (χ0n) is 9.88. The molecule has 0 aliphatic heterocycles. The molecule has 0 amide bonds. The van der Waals surface area contributed by atoms with Crippen molar-refractivity contribution in [2.24, 2.45) is 11.7 Å². The fourth-order valence-corrected chi connectivity index (χ4v) is 4.75. The van der Waals surface area contributed by atoms with Crippen molar-refractivity contribution in [1.29, 1.82) is 0 Å². The summed E-state index contributed by atoms with van der Waals surface area (Å²) >= 11 is 0. The van der Waals surface area contributed by atoms with E-state index in [1.165, 1.54) is 0 Å². The van der Waals surface area contributed by atoms with Gasteiger partial charge in [0.2, 0.25) is 0 Å². The molecule has 94 valence electrons. The standard InChI is InChI=1S/C13H19NO2S/c14-10-11-6-4-5-9-13(11)17(15,16)12-7-2-1-3-8-12/h1-3,7-8,11,13H,4-6,9-10,14H2.